The quantitative estimate of drug-likeness (QED) is 0.348. The molecule has 0 aliphatic carbocycles. The molecule has 0 radical (unpaired) electrons. The van der Waals surface area contributed by atoms with Gasteiger partial charge in [0.15, 0.2) is 0 Å². The Bertz CT molecular complexity index is 406. The van der Waals surface area contributed by atoms with Crippen LogP contribution in [0.3, 0.4) is 0 Å². The highest BCUT2D eigenvalue weighted by Crippen LogP contribution is 2.21. The molecule has 7 heteroatoms. The number of rotatable bonds is 10. The molecule has 1 saturated heterocycles. The first-order valence-electron chi connectivity index (χ1n) is 7.65. The Balaban J connectivity index is 2.15. The van der Waals surface area contributed by atoms with Crippen LogP contribution in [0.15, 0.2) is 0 Å². The molecule has 0 spiro atoms. The van der Waals surface area contributed by atoms with E-state index in [-0.39, 0.29) is 37.1 Å². The minimum absolute atomic E-state index is 0.0388. The maximum Gasteiger partial charge on any atom is 0.305 e. The van der Waals surface area contributed by atoms with Crippen molar-refractivity contribution in [2.75, 3.05) is 19.0 Å². The first-order chi connectivity index (χ1) is 9.96. The Morgan fingerprint density at radius 1 is 1.14 bits per heavy atom. The minimum Gasteiger partial charge on any atom is -0.463 e. The van der Waals surface area contributed by atoms with Gasteiger partial charge in [-0.25, -0.2) is 0 Å². The zero-order chi connectivity index (χ0) is 15.7. The summed E-state index contributed by atoms with van der Waals surface area (Å²) in [6.45, 7) is 3.89. The molecule has 0 N–H and O–H groups in total. The van der Waals surface area contributed by atoms with E-state index in [1.165, 1.54) is 6.92 Å². The van der Waals surface area contributed by atoms with Crippen molar-refractivity contribution in [1.82, 2.24) is 0 Å². The predicted molar refractivity (Wildman–Crippen MR) is 78.4 cm³/mol. The van der Waals surface area contributed by atoms with Crippen LogP contribution in [0.4, 0.5) is 0 Å². The normalized spacial score (nSPS) is 22.4. The molecule has 0 saturated carbocycles. The van der Waals surface area contributed by atoms with E-state index in [1.54, 1.807) is 0 Å². The largest absolute Gasteiger partial charge is 0.463 e. The molecule has 124 valence electrons. The summed E-state index contributed by atoms with van der Waals surface area (Å²) in [5.74, 6) is -0.237. The molecule has 21 heavy (non-hydrogen) atoms. The van der Waals surface area contributed by atoms with Crippen LogP contribution >= 0.6 is 0 Å². The first kappa shape index (κ1) is 18.4. The third-order valence-electron chi connectivity index (χ3n) is 3.40. The van der Waals surface area contributed by atoms with Gasteiger partial charge >= 0.3 is 5.97 Å². The second-order valence-electron chi connectivity index (χ2n) is 5.23. The van der Waals surface area contributed by atoms with Crippen molar-refractivity contribution in [3.8, 4) is 0 Å². The number of esters is 1. The second kappa shape index (κ2) is 9.38. The van der Waals surface area contributed by atoms with Crippen LogP contribution in [0, 0.1) is 0 Å². The molecule has 0 bridgehead atoms. The highest BCUT2D eigenvalue weighted by atomic mass is 32.2. The maximum atomic E-state index is 11.5. The lowest BCUT2D eigenvalue weighted by Gasteiger charge is -2.14. The molecule has 1 aliphatic rings. The molecule has 1 fully saturated rings. The molecular formula is C14H26O6S. The lowest BCUT2D eigenvalue weighted by molar-refractivity contribution is -0.147. The van der Waals surface area contributed by atoms with Crippen molar-refractivity contribution < 1.29 is 26.9 Å². The molecule has 0 amide bonds. The van der Waals surface area contributed by atoms with Gasteiger partial charge in [-0.15, -0.1) is 0 Å². The molecule has 0 unspecified atom stereocenters. The number of ether oxygens (including phenoxy) is 2. The molecule has 0 aromatic rings. The third kappa shape index (κ3) is 7.78. The van der Waals surface area contributed by atoms with Crippen LogP contribution < -0.4 is 0 Å². The van der Waals surface area contributed by atoms with Gasteiger partial charge in [0.2, 0.25) is 0 Å². The van der Waals surface area contributed by atoms with Crippen LogP contribution in [0.25, 0.3) is 0 Å². The zero-order valence-corrected chi connectivity index (χ0v) is 13.7. The summed E-state index contributed by atoms with van der Waals surface area (Å²) in [4.78, 5) is 11.5. The summed E-state index contributed by atoms with van der Waals surface area (Å²) in [7, 11) is -3.43. The van der Waals surface area contributed by atoms with Crippen molar-refractivity contribution in [1.29, 1.82) is 0 Å². The van der Waals surface area contributed by atoms with Gasteiger partial charge in [0.25, 0.3) is 10.1 Å². The van der Waals surface area contributed by atoms with Crippen LogP contribution in [0.1, 0.15) is 52.4 Å². The fraction of sp³-hybridized carbons (Fsp3) is 0.929. The standard InChI is InChI=1S/C14H26O6S/c1-3-5-6-7-14(15)18-10-12-8-9-13(20-12)11-19-21(16,17)4-2/h12-13H,3-11H2,1-2H3/t12-,13-/m0/s1. The summed E-state index contributed by atoms with van der Waals surface area (Å²) in [6, 6.07) is 0. The van der Waals surface area contributed by atoms with Crippen LogP contribution in [0.5, 0.6) is 0 Å². The molecule has 1 aliphatic heterocycles. The molecule has 0 aromatic heterocycles. The molecular weight excluding hydrogens is 296 g/mol. The number of hydrogen-bond donors (Lipinski definition) is 0. The maximum absolute atomic E-state index is 11.5. The lowest BCUT2D eigenvalue weighted by atomic mass is 10.2. The molecule has 2 atom stereocenters. The number of unbranched alkanes of at least 4 members (excludes halogenated alkanes) is 2. The fourth-order valence-corrected chi connectivity index (χ4v) is 2.59. The fourth-order valence-electron chi connectivity index (χ4n) is 2.07. The minimum atomic E-state index is -3.43. The second-order valence-corrected chi connectivity index (χ2v) is 7.16. The number of carbonyl (C=O) groups excluding carboxylic acids is 1. The van der Waals surface area contributed by atoms with Gasteiger partial charge in [0.05, 0.1) is 24.6 Å². The summed E-state index contributed by atoms with van der Waals surface area (Å²) < 4.78 is 38.1. The monoisotopic (exact) mass is 322 g/mol. The Kier molecular flexibility index (Phi) is 8.21. The highest BCUT2D eigenvalue weighted by Gasteiger charge is 2.27. The molecule has 6 nitrogen and oxygen atoms in total. The van der Waals surface area contributed by atoms with Gasteiger partial charge in [-0.3, -0.25) is 8.98 Å². The van der Waals surface area contributed by atoms with E-state index in [2.05, 4.69) is 6.92 Å². The van der Waals surface area contributed by atoms with Crippen molar-refractivity contribution in [2.24, 2.45) is 0 Å². The smallest absolute Gasteiger partial charge is 0.305 e. The topological polar surface area (TPSA) is 78.9 Å². The number of carbonyl (C=O) groups is 1. The molecule has 1 heterocycles. The summed E-state index contributed by atoms with van der Waals surface area (Å²) >= 11 is 0. The highest BCUT2D eigenvalue weighted by molar-refractivity contribution is 7.86. The predicted octanol–water partition coefficient (Wildman–Crippen LogP) is 2.02. The Morgan fingerprint density at radius 2 is 1.81 bits per heavy atom. The van der Waals surface area contributed by atoms with E-state index in [4.69, 9.17) is 13.7 Å². The third-order valence-corrected chi connectivity index (χ3v) is 4.60. The van der Waals surface area contributed by atoms with Gasteiger partial charge in [0.1, 0.15) is 6.61 Å². The van der Waals surface area contributed by atoms with Gasteiger partial charge in [-0.05, 0) is 26.2 Å². The summed E-state index contributed by atoms with van der Waals surface area (Å²) in [5.41, 5.74) is 0. The first-order valence-corrected chi connectivity index (χ1v) is 9.22. The molecule has 1 rings (SSSR count). The summed E-state index contributed by atoms with van der Waals surface area (Å²) in [5, 5.41) is 0. The van der Waals surface area contributed by atoms with E-state index in [0.717, 1.165) is 32.1 Å². The summed E-state index contributed by atoms with van der Waals surface area (Å²) in [6.07, 6.45) is 4.48. The Hall–Kier alpha value is -0.660. The number of hydrogen-bond acceptors (Lipinski definition) is 6. The average Bonchev–Trinajstić information content (AvgIpc) is 2.91. The van der Waals surface area contributed by atoms with Crippen LogP contribution in [-0.2, 0) is 28.6 Å². The van der Waals surface area contributed by atoms with Crippen LogP contribution in [0.2, 0.25) is 0 Å². The van der Waals surface area contributed by atoms with Gasteiger partial charge < -0.3 is 9.47 Å². The van der Waals surface area contributed by atoms with Crippen molar-refractivity contribution in [3.63, 3.8) is 0 Å². The van der Waals surface area contributed by atoms with Gasteiger partial charge in [0, 0.05) is 6.42 Å². The Labute approximate surface area is 127 Å². The van der Waals surface area contributed by atoms with E-state index < -0.39 is 10.1 Å². The molecule has 0 aromatic carbocycles. The van der Waals surface area contributed by atoms with Crippen LogP contribution in [-0.4, -0.2) is 45.6 Å². The van der Waals surface area contributed by atoms with E-state index >= 15 is 0 Å². The van der Waals surface area contributed by atoms with Crippen molar-refractivity contribution >= 4 is 16.1 Å². The van der Waals surface area contributed by atoms with E-state index in [1.807, 2.05) is 0 Å². The zero-order valence-electron chi connectivity index (χ0n) is 12.9. The SMILES string of the molecule is CCCCCC(=O)OC[C@@H]1CC[C@@H](COS(=O)(=O)CC)O1. The van der Waals surface area contributed by atoms with E-state index in [9.17, 15) is 13.2 Å². The Morgan fingerprint density at radius 3 is 2.43 bits per heavy atom. The van der Waals surface area contributed by atoms with Crippen molar-refractivity contribution in [2.45, 2.75) is 64.6 Å². The van der Waals surface area contributed by atoms with Gasteiger partial charge in [-0.1, -0.05) is 19.8 Å². The van der Waals surface area contributed by atoms with Crippen molar-refractivity contribution in [3.05, 3.63) is 0 Å². The van der Waals surface area contributed by atoms with E-state index in [0.29, 0.717) is 6.42 Å². The average molecular weight is 322 g/mol. The van der Waals surface area contributed by atoms with Gasteiger partial charge in [-0.2, -0.15) is 8.42 Å². The lowest BCUT2D eigenvalue weighted by Crippen LogP contribution is -2.23.